The number of piperazine rings is 1. The van der Waals surface area contributed by atoms with Crippen molar-refractivity contribution in [2.75, 3.05) is 63.9 Å². The second-order valence-electron chi connectivity index (χ2n) is 8.14. The van der Waals surface area contributed by atoms with Gasteiger partial charge in [0.2, 0.25) is 0 Å². The second-order valence-corrected chi connectivity index (χ2v) is 9.22. The van der Waals surface area contributed by atoms with Crippen molar-refractivity contribution in [1.29, 1.82) is 0 Å². The Balaban J connectivity index is 1.39. The van der Waals surface area contributed by atoms with Crippen LogP contribution in [0.5, 0.6) is 0 Å². The maximum Gasteiger partial charge on any atom is 0.416 e. The average Bonchev–Trinajstić information content (AvgIpc) is 2.79. The van der Waals surface area contributed by atoms with Gasteiger partial charge in [0.1, 0.15) is 0 Å². The van der Waals surface area contributed by atoms with Crippen molar-refractivity contribution < 1.29 is 17.9 Å². The third kappa shape index (κ3) is 5.60. The summed E-state index contributed by atoms with van der Waals surface area (Å²) in [5.41, 5.74) is 1.05. The molecule has 0 radical (unpaired) electrons. The van der Waals surface area contributed by atoms with Gasteiger partial charge in [-0.15, -0.1) is 0 Å². The van der Waals surface area contributed by atoms with E-state index in [4.69, 9.17) is 4.74 Å². The average molecular weight is 466 g/mol. The Morgan fingerprint density at radius 2 is 1.56 bits per heavy atom. The second kappa shape index (κ2) is 10.5. The molecule has 0 N–H and O–H groups in total. The van der Waals surface area contributed by atoms with E-state index in [2.05, 4.69) is 14.7 Å². The Labute approximate surface area is 192 Å². The molecule has 2 aliphatic heterocycles. The standard InChI is InChI=1S/C24H30F3N3OS/c1-2-31-17-16-29-14-12-28(13-15-29)10-5-11-30-20-6-3-4-7-22(20)32-23-9-8-19(18-21(23)30)24(25,26)27/h3-4,6-9,18H,2,5,10-17H2,1H3. The molecule has 2 aromatic carbocycles. The zero-order valence-corrected chi connectivity index (χ0v) is 19.2. The van der Waals surface area contributed by atoms with Crippen molar-refractivity contribution in [2.24, 2.45) is 0 Å². The third-order valence-electron chi connectivity index (χ3n) is 6.03. The van der Waals surface area contributed by atoms with Gasteiger partial charge in [-0.05, 0) is 50.2 Å². The normalized spacial score (nSPS) is 17.3. The van der Waals surface area contributed by atoms with Crippen molar-refractivity contribution >= 4 is 23.1 Å². The highest BCUT2D eigenvalue weighted by molar-refractivity contribution is 7.99. The molecular formula is C24H30F3N3OS. The summed E-state index contributed by atoms with van der Waals surface area (Å²) in [5, 5.41) is 0. The molecule has 1 fully saturated rings. The summed E-state index contributed by atoms with van der Waals surface area (Å²) in [4.78, 5) is 8.91. The number of para-hydroxylation sites is 1. The van der Waals surface area contributed by atoms with Crippen LogP contribution in [0.1, 0.15) is 18.9 Å². The van der Waals surface area contributed by atoms with Crippen LogP contribution in [0.3, 0.4) is 0 Å². The number of anilines is 2. The van der Waals surface area contributed by atoms with E-state index < -0.39 is 11.7 Å². The van der Waals surface area contributed by atoms with Crippen molar-refractivity contribution in [3.8, 4) is 0 Å². The minimum atomic E-state index is -4.34. The Hall–Kier alpha value is -1.74. The van der Waals surface area contributed by atoms with Crippen molar-refractivity contribution in [3.63, 3.8) is 0 Å². The van der Waals surface area contributed by atoms with E-state index in [1.54, 1.807) is 17.8 Å². The molecule has 0 amide bonds. The Kier molecular flexibility index (Phi) is 7.66. The van der Waals surface area contributed by atoms with Crippen LogP contribution in [0.15, 0.2) is 52.3 Å². The van der Waals surface area contributed by atoms with E-state index in [0.717, 1.165) is 74.4 Å². The summed E-state index contributed by atoms with van der Waals surface area (Å²) < 4.78 is 45.5. The van der Waals surface area contributed by atoms with Crippen LogP contribution in [0.25, 0.3) is 0 Å². The smallest absolute Gasteiger partial charge is 0.380 e. The number of ether oxygens (including phenoxy) is 1. The number of halogens is 3. The summed E-state index contributed by atoms with van der Waals surface area (Å²) in [5.74, 6) is 0. The number of benzene rings is 2. The van der Waals surface area contributed by atoms with E-state index in [9.17, 15) is 13.2 Å². The molecule has 0 aliphatic carbocycles. The van der Waals surface area contributed by atoms with E-state index in [-0.39, 0.29) is 0 Å². The predicted molar refractivity (Wildman–Crippen MR) is 123 cm³/mol. The third-order valence-corrected chi connectivity index (χ3v) is 7.16. The number of hydrogen-bond acceptors (Lipinski definition) is 5. The van der Waals surface area contributed by atoms with E-state index >= 15 is 0 Å². The molecule has 0 aromatic heterocycles. The highest BCUT2D eigenvalue weighted by Crippen LogP contribution is 2.49. The molecule has 4 rings (SSSR count). The summed E-state index contributed by atoms with van der Waals surface area (Å²) in [6, 6.07) is 12.1. The Bertz CT molecular complexity index is 900. The fourth-order valence-electron chi connectivity index (χ4n) is 4.27. The predicted octanol–water partition coefficient (Wildman–Crippen LogP) is 5.35. The first kappa shape index (κ1) is 23.4. The molecule has 174 valence electrons. The molecule has 1 saturated heterocycles. The molecular weight excluding hydrogens is 435 g/mol. The first-order valence-corrected chi connectivity index (χ1v) is 12.1. The molecule has 0 unspecified atom stereocenters. The molecule has 0 bridgehead atoms. The minimum absolute atomic E-state index is 0.593. The number of nitrogens with zero attached hydrogens (tertiary/aromatic N) is 3. The number of rotatable bonds is 8. The van der Waals surface area contributed by atoms with Gasteiger partial charge in [-0.1, -0.05) is 23.9 Å². The summed E-state index contributed by atoms with van der Waals surface area (Å²) in [6.45, 7) is 10.3. The fraction of sp³-hybridized carbons (Fsp3) is 0.500. The molecule has 32 heavy (non-hydrogen) atoms. The fourth-order valence-corrected chi connectivity index (χ4v) is 5.35. The monoisotopic (exact) mass is 465 g/mol. The van der Waals surface area contributed by atoms with Gasteiger partial charge in [0.05, 0.1) is 23.5 Å². The Morgan fingerprint density at radius 1 is 0.875 bits per heavy atom. The molecule has 2 aromatic rings. The highest BCUT2D eigenvalue weighted by atomic mass is 32.2. The topological polar surface area (TPSA) is 19.0 Å². The minimum Gasteiger partial charge on any atom is -0.380 e. The lowest BCUT2D eigenvalue weighted by Gasteiger charge is -2.36. The number of fused-ring (bicyclic) bond motifs is 2. The number of hydrogen-bond donors (Lipinski definition) is 0. The van der Waals surface area contributed by atoms with Crippen LogP contribution in [0.2, 0.25) is 0 Å². The van der Waals surface area contributed by atoms with E-state index in [1.165, 1.54) is 12.1 Å². The first-order chi connectivity index (χ1) is 15.5. The zero-order chi connectivity index (χ0) is 22.6. The summed E-state index contributed by atoms with van der Waals surface area (Å²) in [6.07, 6.45) is -3.45. The van der Waals surface area contributed by atoms with Crippen molar-refractivity contribution in [3.05, 3.63) is 48.0 Å². The maximum absolute atomic E-state index is 13.4. The lowest BCUT2D eigenvalue weighted by molar-refractivity contribution is -0.137. The molecule has 4 nitrogen and oxygen atoms in total. The Morgan fingerprint density at radius 3 is 2.28 bits per heavy atom. The van der Waals surface area contributed by atoms with Gasteiger partial charge in [0.15, 0.2) is 0 Å². The van der Waals surface area contributed by atoms with Crippen molar-refractivity contribution in [2.45, 2.75) is 29.3 Å². The van der Waals surface area contributed by atoms with Gasteiger partial charge >= 0.3 is 6.18 Å². The van der Waals surface area contributed by atoms with Crippen LogP contribution >= 0.6 is 11.8 Å². The first-order valence-electron chi connectivity index (χ1n) is 11.2. The molecule has 8 heteroatoms. The molecule has 2 heterocycles. The van der Waals surface area contributed by atoms with E-state index in [1.807, 2.05) is 31.2 Å². The van der Waals surface area contributed by atoms with Gasteiger partial charge in [-0.2, -0.15) is 13.2 Å². The van der Waals surface area contributed by atoms with Gasteiger partial charge in [0.25, 0.3) is 0 Å². The summed E-state index contributed by atoms with van der Waals surface area (Å²) >= 11 is 1.54. The number of alkyl halides is 3. The molecule has 2 aliphatic rings. The van der Waals surface area contributed by atoms with Gasteiger partial charge in [-0.3, -0.25) is 4.90 Å². The van der Waals surface area contributed by atoms with Gasteiger partial charge in [-0.25, -0.2) is 0 Å². The molecule has 0 spiro atoms. The summed E-state index contributed by atoms with van der Waals surface area (Å²) in [7, 11) is 0. The zero-order valence-electron chi connectivity index (χ0n) is 18.4. The van der Waals surface area contributed by atoms with Gasteiger partial charge in [0, 0.05) is 55.7 Å². The quantitative estimate of drug-likeness (QED) is 0.488. The van der Waals surface area contributed by atoms with Crippen molar-refractivity contribution in [1.82, 2.24) is 9.80 Å². The molecule has 0 atom stereocenters. The lowest BCUT2D eigenvalue weighted by atomic mass is 10.1. The van der Waals surface area contributed by atoms with E-state index in [0.29, 0.717) is 12.2 Å². The van der Waals surface area contributed by atoms with Crippen LogP contribution in [0, 0.1) is 0 Å². The van der Waals surface area contributed by atoms with Gasteiger partial charge < -0.3 is 14.5 Å². The highest BCUT2D eigenvalue weighted by Gasteiger charge is 2.33. The maximum atomic E-state index is 13.4. The largest absolute Gasteiger partial charge is 0.416 e. The van der Waals surface area contributed by atoms with Crippen LogP contribution in [0.4, 0.5) is 24.5 Å². The van der Waals surface area contributed by atoms with Crippen LogP contribution < -0.4 is 4.90 Å². The lowest BCUT2D eigenvalue weighted by Crippen LogP contribution is -2.47. The SMILES string of the molecule is CCOCCN1CCN(CCCN2c3ccccc3Sc3ccc(C(F)(F)F)cc32)CC1. The van der Waals surface area contributed by atoms with Crippen LogP contribution in [-0.4, -0.2) is 68.8 Å². The molecule has 0 saturated carbocycles. The van der Waals surface area contributed by atoms with Crippen LogP contribution in [-0.2, 0) is 10.9 Å².